The van der Waals surface area contributed by atoms with E-state index in [-0.39, 0.29) is 23.1 Å². The summed E-state index contributed by atoms with van der Waals surface area (Å²) in [6.45, 7) is 2.74. The Morgan fingerprint density at radius 3 is 2.33 bits per heavy atom. The fourth-order valence-corrected chi connectivity index (χ4v) is 6.39. The van der Waals surface area contributed by atoms with Crippen molar-refractivity contribution in [2.75, 3.05) is 7.11 Å². The molecule has 2 aromatic carbocycles. The number of phenols is 3. The monoisotopic (exact) mass is 585 g/mol. The number of fused-ring (bicyclic) bond motifs is 3. The molecule has 0 spiro atoms. The van der Waals surface area contributed by atoms with E-state index in [9.17, 15) is 44.7 Å². The average molecular weight is 586 g/mol. The van der Waals surface area contributed by atoms with Crippen LogP contribution in [0.25, 0.3) is 0 Å². The molecule has 42 heavy (non-hydrogen) atoms. The van der Waals surface area contributed by atoms with E-state index in [1.165, 1.54) is 25.1 Å². The number of hydrogen-bond donors (Lipinski definition) is 6. The summed E-state index contributed by atoms with van der Waals surface area (Å²) < 4.78 is 16.7. The third kappa shape index (κ3) is 4.44. The molecular weight excluding hydrogens is 554 g/mol. The molecule has 3 aliphatic rings. The third-order valence-corrected chi connectivity index (χ3v) is 8.24. The predicted octanol–water partition coefficient (Wildman–Crippen LogP) is 0.830. The summed E-state index contributed by atoms with van der Waals surface area (Å²) in [6.07, 6.45) is -5.47. The van der Waals surface area contributed by atoms with Gasteiger partial charge < -0.3 is 45.5 Å². The number of aliphatic hydroxyl groups excluding tert-OH is 1. The fraction of sp³-hybridized carbons (Fsp3) is 0.448. The van der Waals surface area contributed by atoms with Crippen LogP contribution >= 0.6 is 0 Å². The lowest BCUT2D eigenvalue weighted by Crippen LogP contribution is -2.53. The van der Waals surface area contributed by atoms with E-state index < -0.39 is 112 Å². The minimum Gasteiger partial charge on any atom is -0.507 e. The van der Waals surface area contributed by atoms with Crippen LogP contribution in [-0.2, 0) is 23.8 Å². The Morgan fingerprint density at radius 2 is 1.71 bits per heavy atom. The molecule has 0 bridgehead atoms. The zero-order chi connectivity index (χ0) is 30.8. The van der Waals surface area contributed by atoms with Crippen molar-refractivity contribution in [3.05, 3.63) is 51.6 Å². The van der Waals surface area contributed by atoms with Gasteiger partial charge in [-0.15, -0.1) is 0 Å². The van der Waals surface area contributed by atoms with Crippen LogP contribution in [0.3, 0.4) is 0 Å². The number of Topliss-reactive ketones (excluding diaryl/α,β-unsaturated/α-hetero) is 1. The van der Waals surface area contributed by atoms with Gasteiger partial charge in [0.05, 0.1) is 47.7 Å². The SMILES string of the molecule is COC(=O)C1c2c(O)c3c(c(O)c2C(OC2CC(N)C(O)C(C)O2)CC1(O)CC(C)=O)C(=O)c1c(O)cccc1C3=O. The highest BCUT2D eigenvalue weighted by Crippen LogP contribution is 2.57. The highest BCUT2D eigenvalue weighted by atomic mass is 16.7. The molecule has 1 saturated heterocycles. The van der Waals surface area contributed by atoms with Gasteiger partial charge >= 0.3 is 5.97 Å². The first kappa shape index (κ1) is 29.6. The second-order valence-corrected chi connectivity index (χ2v) is 11.1. The summed E-state index contributed by atoms with van der Waals surface area (Å²) in [5.74, 6) is -7.58. The number of ether oxygens (including phenoxy) is 3. The number of esters is 1. The number of benzene rings is 2. The molecule has 2 aliphatic carbocycles. The van der Waals surface area contributed by atoms with Gasteiger partial charge in [0.2, 0.25) is 5.78 Å². The van der Waals surface area contributed by atoms with Gasteiger partial charge in [0.1, 0.15) is 28.9 Å². The molecule has 1 aliphatic heterocycles. The highest BCUT2D eigenvalue weighted by Gasteiger charge is 2.56. The summed E-state index contributed by atoms with van der Waals surface area (Å²) in [7, 11) is 1.02. The summed E-state index contributed by atoms with van der Waals surface area (Å²) in [4.78, 5) is 52.7. The molecule has 0 amide bonds. The van der Waals surface area contributed by atoms with Crippen LogP contribution in [0, 0.1) is 0 Å². The van der Waals surface area contributed by atoms with Gasteiger partial charge in [-0.2, -0.15) is 0 Å². The molecule has 0 saturated carbocycles. The minimum absolute atomic E-state index is 0.0285. The summed E-state index contributed by atoms with van der Waals surface area (Å²) in [6, 6.07) is 2.98. The molecule has 1 fully saturated rings. The number of aliphatic hydroxyl groups is 2. The van der Waals surface area contributed by atoms with Gasteiger partial charge in [0.15, 0.2) is 12.1 Å². The maximum Gasteiger partial charge on any atom is 0.316 e. The van der Waals surface area contributed by atoms with Gasteiger partial charge in [0, 0.05) is 42.0 Å². The first-order valence-electron chi connectivity index (χ1n) is 13.3. The molecule has 7 N–H and O–H groups in total. The van der Waals surface area contributed by atoms with Crippen LogP contribution in [0.2, 0.25) is 0 Å². The number of nitrogens with two attached hydrogens (primary N) is 1. The number of methoxy groups -OCH3 is 1. The molecule has 5 rings (SSSR count). The Kier molecular flexibility index (Phi) is 7.36. The summed E-state index contributed by atoms with van der Waals surface area (Å²) >= 11 is 0. The first-order valence-corrected chi connectivity index (χ1v) is 13.3. The Hall–Kier alpha value is -3.88. The molecule has 13 nitrogen and oxygen atoms in total. The van der Waals surface area contributed by atoms with Gasteiger partial charge in [-0.05, 0) is 19.9 Å². The Balaban J connectivity index is 1.77. The number of carbonyl (C=O) groups excluding carboxylic acids is 4. The van der Waals surface area contributed by atoms with Crippen molar-refractivity contribution in [3.8, 4) is 17.2 Å². The number of rotatable bonds is 5. The van der Waals surface area contributed by atoms with E-state index >= 15 is 0 Å². The van der Waals surface area contributed by atoms with E-state index in [0.717, 1.165) is 7.11 Å². The molecular formula is C29H31NO12. The number of aromatic hydroxyl groups is 3. The maximum atomic E-state index is 13.6. The van der Waals surface area contributed by atoms with Crippen LogP contribution in [0.5, 0.6) is 17.2 Å². The van der Waals surface area contributed by atoms with Crippen LogP contribution in [0.15, 0.2) is 18.2 Å². The lowest BCUT2D eigenvalue weighted by molar-refractivity contribution is -0.248. The summed E-state index contributed by atoms with van der Waals surface area (Å²) in [5.41, 5.74) is 1.09. The third-order valence-electron chi connectivity index (χ3n) is 8.24. The Bertz CT molecular complexity index is 1510. The lowest BCUT2D eigenvalue weighted by Gasteiger charge is -2.45. The molecule has 0 radical (unpaired) electrons. The zero-order valence-corrected chi connectivity index (χ0v) is 23.0. The smallest absolute Gasteiger partial charge is 0.316 e. The standard InChI is InChI=1S/C29H31NO12/c1-10(31)8-29(39)9-15(42-16-7-13(30)23(33)11(2)41-16)18-19(22(29)28(38)40-3)27(37)20-21(26(18)36)25(35)17-12(24(20)34)5-4-6-14(17)32/h4-6,11,13,15-16,22-23,32-33,36-37,39H,7-9,30H2,1-3H3. The van der Waals surface area contributed by atoms with Crippen molar-refractivity contribution in [1.29, 1.82) is 0 Å². The van der Waals surface area contributed by atoms with Crippen LogP contribution in [-0.4, -0.2) is 86.1 Å². The van der Waals surface area contributed by atoms with Gasteiger partial charge in [0.25, 0.3) is 0 Å². The fourth-order valence-electron chi connectivity index (χ4n) is 6.39. The van der Waals surface area contributed by atoms with Crippen molar-refractivity contribution in [2.45, 2.75) is 75.3 Å². The molecule has 224 valence electrons. The number of phenolic OH excluding ortho intramolecular Hbond substituents is 3. The van der Waals surface area contributed by atoms with Gasteiger partial charge in [-0.25, -0.2) is 0 Å². The molecule has 2 aromatic rings. The van der Waals surface area contributed by atoms with Crippen LogP contribution < -0.4 is 5.73 Å². The van der Waals surface area contributed by atoms with Crippen LogP contribution in [0.1, 0.15) is 88.1 Å². The second-order valence-electron chi connectivity index (χ2n) is 11.1. The van der Waals surface area contributed by atoms with Crippen molar-refractivity contribution in [1.82, 2.24) is 0 Å². The molecule has 1 heterocycles. The van der Waals surface area contributed by atoms with Crippen molar-refractivity contribution >= 4 is 23.3 Å². The highest BCUT2D eigenvalue weighted by molar-refractivity contribution is 6.31. The van der Waals surface area contributed by atoms with Gasteiger partial charge in [-0.1, -0.05) is 12.1 Å². The molecule has 13 heteroatoms. The Labute approximate surface area is 239 Å². The van der Waals surface area contributed by atoms with E-state index in [1.54, 1.807) is 6.92 Å². The van der Waals surface area contributed by atoms with Gasteiger partial charge in [-0.3, -0.25) is 19.2 Å². The van der Waals surface area contributed by atoms with E-state index in [2.05, 4.69) is 0 Å². The largest absolute Gasteiger partial charge is 0.507 e. The molecule has 0 aromatic heterocycles. The van der Waals surface area contributed by atoms with Crippen molar-refractivity contribution < 1.29 is 58.9 Å². The minimum atomic E-state index is -2.24. The number of hydrogen-bond acceptors (Lipinski definition) is 13. The van der Waals surface area contributed by atoms with Crippen LogP contribution in [0.4, 0.5) is 0 Å². The van der Waals surface area contributed by atoms with E-state index in [1.807, 2.05) is 0 Å². The lowest BCUT2D eigenvalue weighted by atomic mass is 9.66. The maximum absolute atomic E-state index is 13.6. The number of carbonyl (C=O) groups is 4. The van der Waals surface area contributed by atoms with E-state index in [0.29, 0.717) is 0 Å². The number of ketones is 3. The van der Waals surface area contributed by atoms with Crippen molar-refractivity contribution in [3.63, 3.8) is 0 Å². The average Bonchev–Trinajstić information content (AvgIpc) is 2.90. The predicted molar refractivity (Wildman–Crippen MR) is 141 cm³/mol. The second kappa shape index (κ2) is 10.4. The summed E-state index contributed by atoms with van der Waals surface area (Å²) in [5, 5.41) is 55.7. The topological polar surface area (TPSA) is 223 Å². The van der Waals surface area contributed by atoms with Crippen molar-refractivity contribution in [2.24, 2.45) is 5.73 Å². The quantitative estimate of drug-likeness (QED) is 0.181. The Morgan fingerprint density at radius 1 is 1.07 bits per heavy atom. The zero-order valence-electron chi connectivity index (χ0n) is 23.0. The molecule has 7 atom stereocenters. The van der Waals surface area contributed by atoms with E-state index in [4.69, 9.17) is 19.9 Å². The normalized spacial score (nSPS) is 30.2. The first-order chi connectivity index (χ1) is 19.7. The molecule has 7 unspecified atom stereocenters.